The molecule has 12 heteroatoms. The van der Waals surface area contributed by atoms with Crippen molar-refractivity contribution in [3.8, 4) is 0 Å². The van der Waals surface area contributed by atoms with Crippen LogP contribution >= 0.6 is 0 Å². The van der Waals surface area contributed by atoms with Crippen molar-refractivity contribution in [2.75, 3.05) is 6.54 Å². The quantitative estimate of drug-likeness (QED) is 0.442. The van der Waals surface area contributed by atoms with Gasteiger partial charge in [-0.2, -0.15) is 0 Å². The number of carbonyl (C=O) groups excluding carboxylic acids is 4. The standard InChI is InChI=1S/C29H42N4O7S/c1-26(2,3)21(30-25(37)40-27(4,5)6)23(35)33-16-18-19(28(18,7)8)20(33)22(34)31-29(14-15-29)24(36)32-41(38,39)17-12-10-9-11-13-17/h9-13,18-21H,14-16H2,1-8H3,(H,30,37)(H,31,34)(H,32,36)/t18-,19?,20-,21+/m0/s1. The van der Waals surface area contributed by atoms with Crippen molar-refractivity contribution in [2.45, 2.75) is 96.4 Å². The molecule has 1 aromatic carbocycles. The van der Waals surface area contributed by atoms with Crippen LogP contribution in [0.1, 0.15) is 68.2 Å². The molecular weight excluding hydrogens is 548 g/mol. The Morgan fingerprint density at radius 3 is 2.10 bits per heavy atom. The van der Waals surface area contributed by atoms with Crippen LogP contribution in [0.3, 0.4) is 0 Å². The molecule has 4 amide bonds. The van der Waals surface area contributed by atoms with E-state index in [9.17, 15) is 27.6 Å². The van der Waals surface area contributed by atoms with Gasteiger partial charge in [0.1, 0.15) is 23.2 Å². The number of piperidine rings is 1. The van der Waals surface area contributed by atoms with Gasteiger partial charge in [0, 0.05) is 6.54 Å². The molecule has 2 aliphatic carbocycles. The van der Waals surface area contributed by atoms with Gasteiger partial charge in [0.25, 0.3) is 15.9 Å². The molecule has 0 radical (unpaired) electrons. The maximum absolute atomic E-state index is 14.0. The fraction of sp³-hybridized carbons (Fsp3) is 0.655. The maximum atomic E-state index is 14.0. The Balaban J connectivity index is 1.53. The number of fused-ring (bicyclic) bond motifs is 1. The summed E-state index contributed by atoms with van der Waals surface area (Å²) in [5.74, 6) is -1.79. The fourth-order valence-electron chi connectivity index (χ4n) is 5.78. The van der Waals surface area contributed by atoms with Crippen LogP contribution < -0.4 is 15.4 Å². The van der Waals surface area contributed by atoms with E-state index in [2.05, 4.69) is 15.4 Å². The highest BCUT2D eigenvalue weighted by atomic mass is 32.2. The number of nitrogens with one attached hydrogen (secondary N) is 3. The van der Waals surface area contributed by atoms with Gasteiger partial charge in [-0.3, -0.25) is 14.4 Å². The summed E-state index contributed by atoms with van der Waals surface area (Å²) in [7, 11) is -4.12. The van der Waals surface area contributed by atoms with Gasteiger partial charge in [0.15, 0.2) is 0 Å². The third kappa shape index (κ3) is 6.22. The topological polar surface area (TPSA) is 151 Å². The summed E-state index contributed by atoms with van der Waals surface area (Å²) in [4.78, 5) is 55.0. The first kappa shape index (κ1) is 30.8. The molecule has 2 saturated carbocycles. The highest BCUT2D eigenvalue weighted by Gasteiger charge is 2.70. The van der Waals surface area contributed by atoms with Crippen molar-refractivity contribution >= 4 is 33.8 Å². The molecule has 1 saturated heterocycles. The molecule has 1 aliphatic heterocycles. The van der Waals surface area contributed by atoms with Crippen molar-refractivity contribution in [2.24, 2.45) is 22.7 Å². The predicted octanol–water partition coefficient (Wildman–Crippen LogP) is 2.56. The zero-order valence-corrected chi connectivity index (χ0v) is 25.8. The molecule has 1 aromatic rings. The number of ether oxygens (including phenoxy) is 1. The second-order valence-corrected chi connectivity index (χ2v) is 15.8. The number of carbonyl (C=O) groups is 4. The number of benzene rings is 1. The van der Waals surface area contributed by atoms with E-state index in [1.54, 1.807) is 39.0 Å². The number of alkyl carbamates (subject to hydrolysis) is 1. The van der Waals surface area contributed by atoms with E-state index in [4.69, 9.17) is 4.74 Å². The first-order valence-corrected chi connectivity index (χ1v) is 15.4. The zero-order valence-electron chi connectivity index (χ0n) is 25.0. The van der Waals surface area contributed by atoms with Crippen LogP contribution in [0.25, 0.3) is 0 Å². The molecule has 1 unspecified atom stereocenters. The first-order chi connectivity index (χ1) is 18.7. The number of rotatable bonds is 7. The highest BCUT2D eigenvalue weighted by Crippen LogP contribution is 2.65. The van der Waals surface area contributed by atoms with Crippen LogP contribution in [0.4, 0.5) is 4.79 Å². The van der Waals surface area contributed by atoms with E-state index < -0.39 is 62.5 Å². The first-order valence-electron chi connectivity index (χ1n) is 13.9. The molecule has 3 aliphatic rings. The molecule has 4 atom stereocenters. The Labute approximate surface area is 242 Å². The Bertz CT molecular complexity index is 1340. The lowest BCUT2D eigenvalue weighted by molar-refractivity contribution is -0.144. The van der Waals surface area contributed by atoms with Gasteiger partial charge in [0.2, 0.25) is 11.8 Å². The lowest BCUT2D eigenvalue weighted by Gasteiger charge is -2.38. The summed E-state index contributed by atoms with van der Waals surface area (Å²) >= 11 is 0. The third-order valence-corrected chi connectivity index (χ3v) is 9.71. The van der Waals surface area contributed by atoms with Crippen molar-refractivity contribution in [1.82, 2.24) is 20.3 Å². The highest BCUT2D eigenvalue weighted by molar-refractivity contribution is 7.90. The molecule has 226 valence electrons. The van der Waals surface area contributed by atoms with Crippen LogP contribution in [-0.4, -0.2) is 66.9 Å². The van der Waals surface area contributed by atoms with E-state index in [0.29, 0.717) is 6.54 Å². The van der Waals surface area contributed by atoms with Crippen LogP contribution in [0, 0.1) is 22.7 Å². The van der Waals surface area contributed by atoms with E-state index in [1.165, 1.54) is 17.0 Å². The summed E-state index contributed by atoms with van der Waals surface area (Å²) in [6, 6.07) is 5.68. The Kier molecular flexibility index (Phi) is 7.51. The number of hydrogen-bond acceptors (Lipinski definition) is 7. The molecular formula is C29H42N4O7S. The molecule has 41 heavy (non-hydrogen) atoms. The van der Waals surface area contributed by atoms with Crippen LogP contribution in [0.2, 0.25) is 0 Å². The van der Waals surface area contributed by atoms with E-state index in [1.807, 2.05) is 34.6 Å². The molecule has 1 heterocycles. The molecule has 0 aromatic heterocycles. The summed E-state index contributed by atoms with van der Waals surface area (Å²) in [5.41, 5.74) is -3.02. The van der Waals surface area contributed by atoms with Crippen molar-refractivity contribution < 1.29 is 32.3 Å². The molecule has 0 bridgehead atoms. The SMILES string of the molecule is CC(C)(C)OC(=O)N[C@H](C(=O)N1C[C@H]2C([C@H]1C(=O)NC1(C(=O)NS(=O)(=O)c3ccccc3)CC1)C2(C)C)C(C)(C)C. The van der Waals surface area contributed by atoms with Crippen LogP contribution in [0.5, 0.6) is 0 Å². The second-order valence-electron chi connectivity index (χ2n) is 14.2. The largest absolute Gasteiger partial charge is 0.444 e. The normalized spacial score (nSPS) is 24.9. The Morgan fingerprint density at radius 2 is 1.59 bits per heavy atom. The summed E-state index contributed by atoms with van der Waals surface area (Å²) in [6.07, 6.45) is -0.180. The van der Waals surface area contributed by atoms with E-state index >= 15 is 0 Å². The predicted molar refractivity (Wildman–Crippen MR) is 151 cm³/mol. The van der Waals surface area contributed by atoms with Gasteiger partial charge >= 0.3 is 6.09 Å². The summed E-state index contributed by atoms with van der Waals surface area (Å²) < 4.78 is 33.0. The average molecular weight is 591 g/mol. The number of sulfonamides is 1. The van der Waals surface area contributed by atoms with Gasteiger partial charge in [-0.05, 0) is 68.4 Å². The van der Waals surface area contributed by atoms with Crippen molar-refractivity contribution in [3.63, 3.8) is 0 Å². The van der Waals surface area contributed by atoms with Gasteiger partial charge in [0.05, 0.1) is 4.90 Å². The van der Waals surface area contributed by atoms with E-state index in [-0.39, 0.29) is 35.0 Å². The number of amides is 4. The molecule has 3 N–H and O–H groups in total. The lowest BCUT2D eigenvalue weighted by Crippen LogP contribution is -2.61. The van der Waals surface area contributed by atoms with Gasteiger partial charge < -0.3 is 20.3 Å². The number of nitrogens with zero attached hydrogens (tertiary/aromatic N) is 1. The Hall–Kier alpha value is -3.15. The minimum Gasteiger partial charge on any atom is -0.444 e. The maximum Gasteiger partial charge on any atom is 0.408 e. The molecule has 11 nitrogen and oxygen atoms in total. The number of hydrogen-bond donors (Lipinski definition) is 3. The smallest absolute Gasteiger partial charge is 0.408 e. The monoisotopic (exact) mass is 590 g/mol. The second kappa shape index (κ2) is 9.99. The minimum absolute atomic E-state index is 0.0590. The average Bonchev–Trinajstić information content (AvgIpc) is 3.65. The van der Waals surface area contributed by atoms with Crippen LogP contribution in [0.15, 0.2) is 35.2 Å². The zero-order chi connectivity index (χ0) is 30.8. The molecule has 3 fully saturated rings. The Morgan fingerprint density at radius 1 is 1.00 bits per heavy atom. The van der Waals surface area contributed by atoms with Crippen molar-refractivity contribution in [1.29, 1.82) is 0 Å². The fourth-order valence-corrected chi connectivity index (χ4v) is 6.85. The van der Waals surface area contributed by atoms with Crippen molar-refractivity contribution in [3.05, 3.63) is 30.3 Å². The molecule has 0 spiro atoms. The summed E-state index contributed by atoms with van der Waals surface area (Å²) in [5, 5.41) is 5.50. The minimum atomic E-state index is -4.12. The van der Waals surface area contributed by atoms with Gasteiger partial charge in [-0.15, -0.1) is 0 Å². The van der Waals surface area contributed by atoms with Crippen LogP contribution in [-0.2, 0) is 29.1 Å². The number of likely N-dealkylation sites (tertiary alicyclic amines) is 1. The van der Waals surface area contributed by atoms with Gasteiger partial charge in [-0.1, -0.05) is 52.8 Å². The van der Waals surface area contributed by atoms with Gasteiger partial charge in [-0.25, -0.2) is 17.9 Å². The van der Waals surface area contributed by atoms with E-state index in [0.717, 1.165) is 0 Å². The third-order valence-electron chi connectivity index (χ3n) is 8.36. The lowest BCUT2D eigenvalue weighted by atomic mass is 9.85. The molecule has 4 rings (SSSR count). The summed E-state index contributed by atoms with van der Waals surface area (Å²) in [6.45, 7) is 15.0.